The number of rotatable bonds is 8. The van der Waals surface area contributed by atoms with E-state index in [1.165, 1.54) is 16.2 Å². The monoisotopic (exact) mass is 423 g/mol. The van der Waals surface area contributed by atoms with Crippen molar-refractivity contribution in [3.63, 3.8) is 0 Å². The first kappa shape index (κ1) is 20.2. The van der Waals surface area contributed by atoms with Crippen LogP contribution in [0.4, 0.5) is 21.9 Å². The lowest BCUT2D eigenvalue weighted by atomic mass is 10.2. The molecule has 0 radical (unpaired) electrons. The van der Waals surface area contributed by atoms with E-state index in [0.29, 0.717) is 40.2 Å². The molecule has 1 saturated heterocycles. The molecule has 2 amide bonds. The van der Waals surface area contributed by atoms with E-state index in [2.05, 4.69) is 10.6 Å². The van der Waals surface area contributed by atoms with Crippen LogP contribution in [0, 0.1) is 0 Å². The van der Waals surface area contributed by atoms with Crippen molar-refractivity contribution in [2.75, 3.05) is 42.1 Å². The third-order valence-electron chi connectivity index (χ3n) is 4.21. The van der Waals surface area contributed by atoms with Crippen molar-refractivity contribution >= 4 is 52.0 Å². The highest BCUT2D eigenvalue weighted by atomic mass is 35.5. The fraction of sp³-hybridized carbons (Fsp3) is 0.333. The lowest BCUT2D eigenvalue weighted by molar-refractivity contribution is 0.0920. The Morgan fingerprint density at radius 3 is 2.89 bits per heavy atom. The van der Waals surface area contributed by atoms with Gasteiger partial charge in [-0.15, -0.1) is 11.3 Å². The summed E-state index contributed by atoms with van der Waals surface area (Å²) in [6.45, 7) is 1.82. The van der Waals surface area contributed by atoms with Gasteiger partial charge in [-0.25, -0.2) is 4.79 Å². The first-order chi connectivity index (χ1) is 13.5. The Morgan fingerprint density at radius 1 is 1.36 bits per heavy atom. The van der Waals surface area contributed by atoms with Gasteiger partial charge in [0.25, 0.3) is 5.91 Å². The number of halogens is 1. The third kappa shape index (κ3) is 4.86. The van der Waals surface area contributed by atoms with Gasteiger partial charge in [0.1, 0.15) is 6.10 Å². The number of hydrogen-bond donors (Lipinski definition) is 4. The van der Waals surface area contributed by atoms with Gasteiger partial charge in [0, 0.05) is 12.2 Å². The topological polar surface area (TPSA) is 123 Å². The molecule has 1 aromatic carbocycles. The van der Waals surface area contributed by atoms with E-state index in [4.69, 9.17) is 27.8 Å². The van der Waals surface area contributed by atoms with Gasteiger partial charge in [-0.3, -0.25) is 9.69 Å². The summed E-state index contributed by atoms with van der Waals surface area (Å²) in [5, 5.41) is 5.98. The number of nitrogens with two attached hydrogens (primary N) is 2. The van der Waals surface area contributed by atoms with Crippen molar-refractivity contribution in [2.45, 2.75) is 12.5 Å². The predicted octanol–water partition coefficient (Wildman–Crippen LogP) is 2.50. The normalized spacial score (nSPS) is 16.1. The number of nitrogens with zero attached hydrogens (tertiary/aromatic N) is 1. The van der Waals surface area contributed by atoms with E-state index in [9.17, 15) is 9.59 Å². The molecule has 1 aliphatic heterocycles. The molecule has 1 fully saturated rings. The average Bonchev–Trinajstić information content (AvgIpc) is 3.27. The predicted molar refractivity (Wildman–Crippen MR) is 112 cm³/mol. The molecule has 1 atom stereocenters. The quantitative estimate of drug-likeness (QED) is 0.382. The molecule has 10 heteroatoms. The van der Waals surface area contributed by atoms with Gasteiger partial charge in [-0.2, -0.15) is 0 Å². The third-order valence-corrected chi connectivity index (χ3v) is 5.44. The second kappa shape index (κ2) is 9.13. The first-order valence-electron chi connectivity index (χ1n) is 8.83. The van der Waals surface area contributed by atoms with Crippen LogP contribution in [0.2, 0.25) is 4.34 Å². The summed E-state index contributed by atoms with van der Waals surface area (Å²) in [4.78, 5) is 26.4. The molecule has 2 aromatic rings. The molecule has 0 spiro atoms. The summed E-state index contributed by atoms with van der Waals surface area (Å²) < 4.78 is 5.91. The maximum Gasteiger partial charge on any atom is 0.414 e. The van der Waals surface area contributed by atoms with Crippen molar-refractivity contribution in [2.24, 2.45) is 5.73 Å². The van der Waals surface area contributed by atoms with Gasteiger partial charge in [0.15, 0.2) is 0 Å². The standard InChI is InChI=1S/C18H22ClN5O3S/c19-16-5-4-15(28-16)17(25)23-9-12-10-24(18(26)27-12)11-2-3-13(21)14(8-11)22-7-1-6-20/h2-5,8,12,22H,1,6-7,9-10,20-21H2,(H,23,25). The number of ether oxygens (including phenoxy) is 1. The zero-order chi connectivity index (χ0) is 20.1. The summed E-state index contributed by atoms with van der Waals surface area (Å²) in [7, 11) is 0. The highest BCUT2D eigenvalue weighted by Crippen LogP contribution is 2.28. The van der Waals surface area contributed by atoms with Gasteiger partial charge in [-0.1, -0.05) is 11.6 Å². The summed E-state index contributed by atoms with van der Waals surface area (Å²) in [5.41, 5.74) is 13.5. The van der Waals surface area contributed by atoms with E-state index in [1.807, 2.05) is 6.07 Å². The Morgan fingerprint density at radius 2 is 2.18 bits per heavy atom. The minimum Gasteiger partial charge on any atom is -0.442 e. The summed E-state index contributed by atoms with van der Waals surface area (Å²) in [6.07, 6.45) is -0.0960. The number of nitrogen functional groups attached to an aromatic ring is 1. The van der Waals surface area contributed by atoms with Gasteiger partial charge in [0.2, 0.25) is 0 Å². The van der Waals surface area contributed by atoms with E-state index in [-0.39, 0.29) is 12.5 Å². The highest BCUT2D eigenvalue weighted by Gasteiger charge is 2.32. The fourth-order valence-electron chi connectivity index (χ4n) is 2.76. The Hall–Kier alpha value is -2.49. The Bertz CT molecular complexity index is 859. The van der Waals surface area contributed by atoms with Crippen LogP contribution in [-0.2, 0) is 4.74 Å². The Balaban J connectivity index is 1.59. The minimum absolute atomic E-state index is 0.215. The van der Waals surface area contributed by atoms with Crippen LogP contribution in [0.5, 0.6) is 0 Å². The lowest BCUT2D eigenvalue weighted by Crippen LogP contribution is -2.34. The number of cyclic esters (lactones) is 1. The summed E-state index contributed by atoms with van der Waals surface area (Å²) >= 11 is 7.04. The van der Waals surface area contributed by atoms with Gasteiger partial charge in [-0.05, 0) is 43.3 Å². The number of carbonyl (C=O) groups is 2. The Labute approximate surface area is 171 Å². The van der Waals surface area contributed by atoms with E-state index in [0.717, 1.165) is 12.1 Å². The molecule has 3 rings (SSSR count). The molecular formula is C18H22ClN5O3S. The summed E-state index contributed by atoms with van der Waals surface area (Å²) in [5.74, 6) is -0.245. The molecular weight excluding hydrogens is 402 g/mol. The van der Waals surface area contributed by atoms with Crippen molar-refractivity contribution in [1.82, 2.24) is 5.32 Å². The second-order valence-electron chi connectivity index (χ2n) is 6.27. The average molecular weight is 424 g/mol. The van der Waals surface area contributed by atoms with Gasteiger partial charge >= 0.3 is 6.09 Å². The number of amides is 2. The van der Waals surface area contributed by atoms with Crippen molar-refractivity contribution in [3.05, 3.63) is 39.5 Å². The SMILES string of the molecule is NCCCNc1cc(N2CC(CNC(=O)c3ccc(Cl)s3)OC2=O)ccc1N. The molecule has 28 heavy (non-hydrogen) atoms. The number of hydrogen-bond acceptors (Lipinski definition) is 7. The Kier molecular flexibility index (Phi) is 6.61. The molecule has 1 unspecified atom stereocenters. The van der Waals surface area contributed by atoms with Gasteiger partial charge < -0.3 is 26.8 Å². The summed E-state index contributed by atoms with van der Waals surface area (Å²) in [6, 6.07) is 8.63. The van der Waals surface area contributed by atoms with Crippen molar-refractivity contribution in [3.8, 4) is 0 Å². The van der Waals surface area contributed by atoms with Crippen LogP contribution in [0.15, 0.2) is 30.3 Å². The van der Waals surface area contributed by atoms with Crippen molar-refractivity contribution < 1.29 is 14.3 Å². The molecule has 8 nitrogen and oxygen atoms in total. The lowest BCUT2D eigenvalue weighted by Gasteiger charge is -2.16. The van der Waals surface area contributed by atoms with Crippen molar-refractivity contribution in [1.29, 1.82) is 0 Å². The van der Waals surface area contributed by atoms with Crippen LogP contribution in [0.3, 0.4) is 0 Å². The number of benzene rings is 1. The zero-order valence-electron chi connectivity index (χ0n) is 15.1. The van der Waals surface area contributed by atoms with E-state index in [1.54, 1.807) is 24.3 Å². The second-order valence-corrected chi connectivity index (χ2v) is 7.99. The molecule has 0 aliphatic carbocycles. The van der Waals surface area contributed by atoms with Crippen LogP contribution in [-0.4, -0.2) is 44.3 Å². The maximum absolute atomic E-state index is 12.3. The number of nitrogens with one attached hydrogen (secondary N) is 2. The molecule has 1 aromatic heterocycles. The van der Waals surface area contributed by atoms with E-state index < -0.39 is 12.2 Å². The largest absolute Gasteiger partial charge is 0.442 e. The van der Waals surface area contributed by atoms with E-state index >= 15 is 0 Å². The number of carbonyl (C=O) groups excluding carboxylic acids is 2. The minimum atomic E-state index is -0.462. The van der Waals surface area contributed by atoms with Crippen LogP contribution < -0.4 is 27.0 Å². The fourth-order valence-corrected chi connectivity index (χ4v) is 3.72. The maximum atomic E-state index is 12.3. The van der Waals surface area contributed by atoms with Crippen LogP contribution >= 0.6 is 22.9 Å². The molecule has 1 aliphatic rings. The molecule has 0 saturated carbocycles. The highest BCUT2D eigenvalue weighted by molar-refractivity contribution is 7.17. The molecule has 6 N–H and O–H groups in total. The first-order valence-corrected chi connectivity index (χ1v) is 10.0. The zero-order valence-corrected chi connectivity index (χ0v) is 16.7. The number of thiophene rings is 1. The molecule has 150 valence electrons. The van der Waals surface area contributed by atoms with Crippen LogP contribution in [0.1, 0.15) is 16.1 Å². The van der Waals surface area contributed by atoms with Crippen LogP contribution in [0.25, 0.3) is 0 Å². The number of anilines is 3. The van der Waals surface area contributed by atoms with Gasteiger partial charge in [0.05, 0.1) is 33.7 Å². The molecule has 0 bridgehead atoms. The molecule has 2 heterocycles. The smallest absolute Gasteiger partial charge is 0.414 e.